The maximum Gasteiger partial charge on any atom is 0.408 e. The molecule has 0 unspecified atom stereocenters. The Bertz CT molecular complexity index is 639. The molecule has 1 N–H and O–H groups in total. The zero-order valence-corrected chi connectivity index (χ0v) is 13.0. The van der Waals surface area contributed by atoms with Crippen molar-refractivity contribution in [3.63, 3.8) is 0 Å². The van der Waals surface area contributed by atoms with Gasteiger partial charge in [-0.1, -0.05) is 11.2 Å². The van der Waals surface area contributed by atoms with Crippen LogP contribution in [0.1, 0.15) is 39.5 Å². The molecule has 6 nitrogen and oxygen atoms in total. The highest BCUT2D eigenvalue weighted by molar-refractivity contribution is 7.13. The third kappa shape index (κ3) is 3.07. The van der Waals surface area contributed by atoms with Gasteiger partial charge in [0.2, 0.25) is 5.82 Å². The van der Waals surface area contributed by atoms with Crippen LogP contribution in [0, 0.1) is 0 Å². The van der Waals surface area contributed by atoms with Crippen LogP contribution in [-0.4, -0.2) is 21.8 Å². The van der Waals surface area contributed by atoms with Gasteiger partial charge in [0.05, 0.1) is 4.88 Å². The third-order valence-electron chi connectivity index (χ3n) is 3.07. The number of ether oxygens (including phenoxy) is 1. The molecule has 0 bridgehead atoms. The van der Waals surface area contributed by atoms with E-state index in [0.29, 0.717) is 11.7 Å². The molecule has 21 heavy (non-hydrogen) atoms. The smallest absolute Gasteiger partial charge is 0.408 e. The second kappa shape index (κ2) is 4.84. The van der Waals surface area contributed by atoms with Crippen molar-refractivity contribution in [1.29, 1.82) is 0 Å². The van der Waals surface area contributed by atoms with Gasteiger partial charge in [0.25, 0.3) is 5.89 Å². The number of alkyl carbamates (subject to hydrolysis) is 1. The molecule has 0 spiro atoms. The van der Waals surface area contributed by atoms with Crippen molar-refractivity contribution in [3.8, 4) is 10.7 Å². The van der Waals surface area contributed by atoms with Gasteiger partial charge in [0.1, 0.15) is 11.1 Å². The predicted octanol–water partition coefficient (Wildman–Crippen LogP) is 3.31. The lowest BCUT2D eigenvalue weighted by Gasteiger charge is -2.21. The Morgan fingerprint density at radius 1 is 1.48 bits per heavy atom. The highest BCUT2D eigenvalue weighted by Gasteiger charge is 2.51. The summed E-state index contributed by atoms with van der Waals surface area (Å²) >= 11 is 1.55. The van der Waals surface area contributed by atoms with Crippen LogP contribution in [0.3, 0.4) is 0 Å². The van der Waals surface area contributed by atoms with Crippen LogP contribution in [-0.2, 0) is 10.3 Å². The van der Waals surface area contributed by atoms with Gasteiger partial charge in [-0.05, 0) is 45.1 Å². The van der Waals surface area contributed by atoms with Crippen molar-refractivity contribution in [2.45, 2.75) is 44.8 Å². The Morgan fingerprint density at radius 2 is 2.24 bits per heavy atom. The fraction of sp³-hybridized carbons (Fsp3) is 0.500. The van der Waals surface area contributed by atoms with E-state index in [2.05, 4.69) is 15.5 Å². The van der Waals surface area contributed by atoms with Crippen molar-refractivity contribution in [3.05, 3.63) is 23.4 Å². The summed E-state index contributed by atoms with van der Waals surface area (Å²) in [5.41, 5.74) is -1.10. The highest BCUT2D eigenvalue weighted by Crippen LogP contribution is 2.45. The lowest BCUT2D eigenvalue weighted by Crippen LogP contribution is -2.39. The number of aromatic nitrogens is 2. The molecule has 3 rings (SSSR count). The Kier molecular flexibility index (Phi) is 3.24. The molecular formula is C14H17N3O3S. The highest BCUT2D eigenvalue weighted by atomic mass is 32.1. The number of carbonyl (C=O) groups excluding carboxylic acids is 1. The lowest BCUT2D eigenvalue weighted by atomic mass is 10.2. The fourth-order valence-electron chi connectivity index (χ4n) is 1.94. The molecule has 0 radical (unpaired) electrons. The maximum absolute atomic E-state index is 11.9. The van der Waals surface area contributed by atoms with Gasteiger partial charge >= 0.3 is 6.09 Å². The van der Waals surface area contributed by atoms with E-state index < -0.39 is 17.2 Å². The van der Waals surface area contributed by atoms with Gasteiger partial charge in [0.15, 0.2) is 0 Å². The van der Waals surface area contributed by atoms with Crippen molar-refractivity contribution in [2.75, 3.05) is 0 Å². The minimum absolute atomic E-state index is 0.441. The molecule has 2 aromatic rings. The summed E-state index contributed by atoms with van der Waals surface area (Å²) in [6.07, 6.45) is 1.09. The second-order valence-corrected chi connectivity index (χ2v) is 7.06. The molecule has 1 aliphatic carbocycles. The first-order valence-electron chi connectivity index (χ1n) is 6.77. The van der Waals surface area contributed by atoms with Crippen LogP contribution in [0.5, 0.6) is 0 Å². The van der Waals surface area contributed by atoms with Gasteiger partial charge in [-0.15, -0.1) is 11.3 Å². The topological polar surface area (TPSA) is 77.2 Å². The van der Waals surface area contributed by atoms with Gasteiger partial charge in [-0.2, -0.15) is 4.98 Å². The number of amides is 1. The number of hydrogen-bond donors (Lipinski definition) is 1. The molecule has 112 valence electrons. The molecule has 0 saturated heterocycles. The minimum atomic E-state index is -0.565. The summed E-state index contributed by atoms with van der Waals surface area (Å²) in [6.45, 7) is 5.48. The summed E-state index contributed by atoms with van der Waals surface area (Å²) < 4.78 is 10.6. The van der Waals surface area contributed by atoms with E-state index in [1.807, 2.05) is 38.3 Å². The second-order valence-electron chi connectivity index (χ2n) is 6.11. The molecule has 1 fully saturated rings. The Morgan fingerprint density at radius 3 is 2.81 bits per heavy atom. The van der Waals surface area contributed by atoms with Gasteiger partial charge in [0, 0.05) is 0 Å². The zero-order chi connectivity index (χ0) is 15.1. The van der Waals surface area contributed by atoms with Gasteiger partial charge in [-0.3, -0.25) is 0 Å². The Labute approximate surface area is 126 Å². The standard InChI is InChI=1S/C14H17N3O3S/c1-13(2,3)19-12(18)16-14(6-7-14)11-15-10(17-20-11)9-5-4-8-21-9/h4-5,8H,6-7H2,1-3H3,(H,16,18). The van der Waals surface area contributed by atoms with Crippen LogP contribution < -0.4 is 5.32 Å². The first-order chi connectivity index (χ1) is 9.88. The minimum Gasteiger partial charge on any atom is -0.444 e. The first-order valence-corrected chi connectivity index (χ1v) is 7.65. The van der Waals surface area contributed by atoms with E-state index in [9.17, 15) is 4.79 Å². The molecule has 2 heterocycles. The molecule has 1 aliphatic rings. The molecule has 0 atom stereocenters. The largest absolute Gasteiger partial charge is 0.444 e. The Hall–Kier alpha value is -1.89. The molecule has 0 aromatic carbocycles. The number of carbonyl (C=O) groups is 1. The van der Waals surface area contributed by atoms with Crippen molar-refractivity contribution >= 4 is 17.4 Å². The quantitative estimate of drug-likeness (QED) is 0.941. The van der Waals surface area contributed by atoms with E-state index in [0.717, 1.165) is 17.7 Å². The summed E-state index contributed by atoms with van der Waals surface area (Å²) in [5, 5.41) is 8.78. The number of rotatable bonds is 3. The summed E-state index contributed by atoms with van der Waals surface area (Å²) in [5.74, 6) is 0.994. The zero-order valence-electron chi connectivity index (χ0n) is 12.2. The van der Waals surface area contributed by atoms with Crippen LogP contribution in [0.4, 0.5) is 4.79 Å². The summed E-state index contributed by atoms with van der Waals surface area (Å²) in [6, 6.07) is 3.86. The molecule has 0 aliphatic heterocycles. The molecule has 1 saturated carbocycles. The van der Waals surface area contributed by atoms with Crippen molar-refractivity contribution in [1.82, 2.24) is 15.5 Å². The SMILES string of the molecule is CC(C)(C)OC(=O)NC1(c2nc(-c3cccs3)no2)CC1. The summed E-state index contributed by atoms with van der Waals surface area (Å²) in [4.78, 5) is 17.2. The Balaban J connectivity index is 1.73. The average molecular weight is 307 g/mol. The lowest BCUT2D eigenvalue weighted by molar-refractivity contribution is 0.0483. The predicted molar refractivity (Wildman–Crippen MR) is 77.9 cm³/mol. The summed E-state index contributed by atoms with van der Waals surface area (Å²) in [7, 11) is 0. The van der Waals surface area contributed by atoms with E-state index >= 15 is 0 Å². The number of thiophene rings is 1. The first kappa shape index (κ1) is 14.1. The number of nitrogens with zero attached hydrogens (tertiary/aromatic N) is 2. The van der Waals surface area contributed by atoms with Crippen LogP contribution in [0.15, 0.2) is 22.0 Å². The van der Waals surface area contributed by atoms with E-state index in [1.165, 1.54) is 0 Å². The van der Waals surface area contributed by atoms with E-state index in [1.54, 1.807) is 11.3 Å². The van der Waals surface area contributed by atoms with Crippen LogP contribution in [0.25, 0.3) is 10.7 Å². The number of hydrogen-bond acceptors (Lipinski definition) is 6. The normalized spacial score (nSPS) is 16.5. The molecular weight excluding hydrogens is 290 g/mol. The molecule has 1 amide bonds. The van der Waals surface area contributed by atoms with Crippen molar-refractivity contribution in [2.24, 2.45) is 0 Å². The van der Waals surface area contributed by atoms with E-state index in [4.69, 9.17) is 9.26 Å². The van der Waals surface area contributed by atoms with E-state index in [-0.39, 0.29) is 0 Å². The number of nitrogens with one attached hydrogen (secondary N) is 1. The maximum atomic E-state index is 11.9. The van der Waals surface area contributed by atoms with Crippen LogP contribution in [0.2, 0.25) is 0 Å². The average Bonchev–Trinajstić information content (AvgIpc) is 2.85. The van der Waals surface area contributed by atoms with Crippen LogP contribution >= 0.6 is 11.3 Å². The monoisotopic (exact) mass is 307 g/mol. The fourth-order valence-corrected chi connectivity index (χ4v) is 2.59. The van der Waals surface area contributed by atoms with Gasteiger partial charge in [-0.25, -0.2) is 4.79 Å². The molecule has 7 heteroatoms. The third-order valence-corrected chi connectivity index (χ3v) is 3.93. The van der Waals surface area contributed by atoms with Crippen molar-refractivity contribution < 1.29 is 14.1 Å². The molecule has 2 aromatic heterocycles. The van der Waals surface area contributed by atoms with Gasteiger partial charge < -0.3 is 14.6 Å².